The number of benzene rings is 1. The molecule has 0 aromatic heterocycles. The fourth-order valence-electron chi connectivity index (χ4n) is 2.21. The van der Waals surface area contributed by atoms with E-state index in [1.807, 2.05) is 0 Å². The first kappa shape index (κ1) is 12.6. The lowest BCUT2D eigenvalue weighted by Crippen LogP contribution is -2.58. The van der Waals surface area contributed by atoms with Crippen molar-refractivity contribution in [1.29, 1.82) is 0 Å². The lowest BCUT2D eigenvalue weighted by Gasteiger charge is -2.45. The van der Waals surface area contributed by atoms with Gasteiger partial charge in [-0.3, -0.25) is 9.69 Å². The standard InChI is InChI=1S/C13H16BrNO2/c1-9-3-4-10(11(14)5-9)6-15-7-13(2,8-15)12(16)17/h3-5H,6-8H2,1-2H3,(H,16,17). The molecule has 0 unspecified atom stereocenters. The summed E-state index contributed by atoms with van der Waals surface area (Å²) in [6, 6.07) is 6.26. The van der Waals surface area contributed by atoms with E-state index in [1.165, 1.54) is 11.1 Å². The van der Waals surface area contributed by atoms with Gasteiger partial charge in [-0.25, -0.2) is 0 Å². The summed E-state index contributed by atoms with van der Waals surface area (Å²) < 4.78 is 1.10. The predicted molar refractivity (Wildman–Crippen MR) is 69.9 cm³/mol. The highest BCUT2D eigenvalue weighted by atomic mass is 79.9. The second-order valence-corrected chi connectivity index (χ2v) is 5.96. The van der Waals surface area contributed by atoms with Crippen LogP contribution in [0.2, 0.25) is 0 Å². The topological polar surface area (TPSA) is 40.5 Å². The number of rotatable bonds is 3. The zero-order chi connectivity index (χ0) is 12.6. The molecule has 1 aliphatic heterocycles. The van der Waals surface area contributed by atoms with Crippen LogP contribution in [0, 0.1) is 12.3 Å². The molecular weight excluding hydrogens is 282 g/mol. The quantitative estimate of drug-likeness (QED) is 0.932. The molecule has 0 atom stereocenters. The lowest BCUT2D eigenvalue weighted by molar-refractivity contribution is -0.158. The van der Waals surface area contributed by atoms with E-state index in [0.717, 1.165) is 11.0 Å². The Balaban J connectivity index is 1.98. The minimum atomic E-state index is -0.697. The first-order chi connectivity index (χ1) is 7.90. The summed E-state index contributed by atoms with van der Waals surface area (Å²) in [4.78, 5) is 13.1. The highest BCUT2D eigenvalue weighted by Gasteiger charge is 2.45. The largest absolute Gasteiger partial charge is 0.481 e. The molecule has 3 nitrogen and oxygen atoms in total. The van der Waals surface area contributed by atoms with E-state index >= 15 is 0 Å². The molecule has 0 radical (unpaired) electrons. The Kier molecular flexibility index (Phi) is 3.27. The van der Waals surface area contributed by atoms with Crippen LogP contribution < -0.4 is 0 Å². The highest BCUT2D eigenvalue weighted by Crippen LogP contribution is 2.32. The van der Waals surface area contributed by atoms with Gasteiger partial charge in [-0.05, 0) is 31.0 Å². The molecule has 92 valence electrons. The first-order valence-corrected chi connectivity index (χ1v) is 6.41. The van der Waals surface area contributed by atoms with Crippen LogP contribution in [0.5, 0.6) is 0 Å². The van der Waals surface area contributed by atoms with Gasteiger partial charge in [0.05, 0.1) is 5.41 Å². The van der Waals surface area contributed by atoms with Crippen molar-refractivity contribution in [3.8, 4) is 0 Å². The van der Waals surface area contributed by atoms with Crippen LogP contribution in [0.25, 0.3) is 0 Å². The maximum atomic E-state index is 11.0. The van der Waals surface area contributed by atoms with E-state index in [4.69, 9.17) is 5.11 Å². The monoisotopic (exact) mass is 297 g/mol. The molecule has 4 heteroatoms. The van der Waals surface area contributed by atoms with Gasteiger partial charge >= 0.3 is 5.97 Å². The molecule has 0 amide bonds. The minimum absolute atomic E-state index is 0.558. The van der Waals surface area contributed by atoms with Gasteiger partial charge in [0.2, 0.25) is 0 Å². The molecule has 0 bridgehead atoms. The van der Waals surface area contributed by atoms with Crippen molar-refractivity contribution in [2.45, 2.75) is 20.4 Å². The van der Waals surface area contributed by atoms with E-state index in [0.29, 0.717) is 13.1 Å². The Hall–Kier alpha value is -0.870. The van der Waals surface area contributed by atoms with Crippen molar-refractivity contribution in [3.05, 3.63) is 33.8 Å². The number of hydrogen-bond donors (Lipinski definition) is 1. The fraction of sp³-hybridized carbons (Fsp3) is 0.462. The van der Waals surface area contributed by atoms with Crippen LogP contribution in [-0.2, 0) is 11.3 Å². The van der Waals surface area contributed by atoms with Gasteiger partial charge in [0.1, 0.15) is 0 Å². The van der Waals surface area contributed by atoms with Crippen LogP contribution in [0.1, 0.15) is 18.1 Å². The van der Waals surface area contributed by atoms with Gasteiger partial charge in [-0.15, -0.1) is 0 Å². The number of carboxylic acids is 1. The maximum absolute atomic E-state index is 11.0. The average molecular weight is 298 g/mol. The number of carboxylic acid groups (broad SMARTS) is 1. The van der Waals surface area contributed by atoms with Gasteiger partial charge < -0.3 is 5.11 Å². The molecule has 1 fully saturated rings. The summed E-state index contributed by atoms with van der Waals surface area (Å²) >= 11 is 3.54. The summed E-state index contributed by atoms with van der Waals surface area (Å²) in [5.41, 5.74) is 1.87. The van der Waals surface area contributed by atoms with Crippen molar-refractivity contribution in [3.63, 3.8) is 0 Å². The summed E-state index contributed by atoms with van der Waals surface area (Å²) in [7, 11) is 0. The lowest BCUT2D eigenvalue weighted by atomic mass is 9.82. The molecule has 1 heterocycles. The SMILES string of the molecule is Cc1ccc(CN2CC(C)(C(=O)O)C2)c(Br)c1. The smallest absolute Gasteiger partial charge is 0.311 e. The normalized spacial score (nSPS) is 18.8. The molecular formula is C13H16BrNO2. The fourth-order valence-corrected chi connectivity index (χ4v) is 2.83. The predicted octanol–water partition coefficient (Wildman–Crippen LogP) is 2.66. The Morgan fingerprint density at radius 1 is 1.53 bits per heavy atom. The molecule has 1 aliphatic rings. The number of aliphatic carboxylic acids is 1. The van der Waals surface area contributed by atoms with E-state index in [2.05, 4.69) is 46.0 Å². The number of likely N-dealkylation sites (tertiary alicyclic amines) is 1. The number of carbonyl (C=O) groups is 1. The Bertz CT molecular complexity index is 453. The minimum Gasteiger partial charge on any atom is -0.481 e. The third kappa shape index (κ3) is 2.53. The third-order valence-electron chi connectivity index (χ3n) is 3.26. The summed E-state index contributed by atoms with van der Waals surface area (Å²) in [5, 5.41) is 9.03. The maximum Gasteiger partial charge on any atom is 0.311 e. The van der Waals surface area contributed by atoms with E-state index < -0.39 is 11.4 Å². The zero-order valence-electron chi connectivity index (χ0n) is 10.0. The van der Waals surface area contributed by atoms with Gasteiger partial charge in [-0.1, -0.05) is 28.1 Å². The molecule has 1 aromatic carbocycles. The molecule has 17 heavy (non-hydrogen) atoms. The third-order valence-corrected chi connectivity index (χ3v) is 4.00. The van der Waals surface area contributed by atoms with Crippen molar-refractivity contribution >= 4 is 21.9 Å². The molecule has 1 N–H and O–H groups in total. The van der Waals surface area contributed by atoms with Gasteiger partial charge in [0.15, 0.2) is 0 Å². The van der Waals surface area contributed by atoms with Crippen LogP contribution in [0.3, 0.4) is 0 Å². The number of nitrogens with zero attached hydrogens (tertiary/aromatic N) is 1. The Labute approximate surface area is 110 Å². The van der Waals surface area contributed by atoms with Gasteiger partial charge in [0.25, 0.3) is 0 Å². The molecule has 0 saturated carbocycles. The van der Waals surface area contributed by atoms with Crippen molar-refractivity contribution in [2.24, 2.45) is 5.41 Å². The first-order valence-electron chi connectivity index (χ1n) is 5.61. The van der Waals surface area contributed by atoms with E-state index in [-0.39, 0.29) is 0 Å². The zero-order valence-corrected chi connectivity index (χ0v) is 11.6. The number of aryl methyl sites for hydroxylation is 1. The van der Waals surface area contributed by atoms with Gasteiger partial charge in [0, 0.05) is 24.1 Å². The van der Waals surface area contributed by atoms with Crippen LogP contribution in [0.4, 0.5) is 0 Å². The second kappa shape index (κ2) is 4.42. The summed E-state index contributed by atoms with van der Waals surface area (Å²) in [6.45, 7) is 5.92. The van der Waals surface area contributed by atoms with Crippen LogP contribution in [0.15, 0.2) is 22.7 Å². The molecule has 1 aromatic rings. The summed E-state index contributed by atoms with van der Waals surface area (Å²) in [6.07, 6.45) is 0. The van der Waals surface area contributed by atoms with E-state index in [1.54, 1.807) is 6.92 Å². The summed E-state index contributed by atoms with van der Waals surface area (Å²) in [5.74, 6) is -0.697. The molecule has 2 rings (SSSR count). The van der Waals surface area contributed by atoms with Crippen LogP contribution in [-0.4, -0.2) is 29.1 Å². The van der Waals surface area contributed by atoms with E-state index in [9.17, 15) is 4.79 Å². The second-order valence-electron chi connectivity index (χ2n) is 5.11. The van der Waals surface area contributed by atoms with Crippen LogP contribution >= 0.6 is 15.9 Å². The highest BCUT2D eigenvalue weighted by molar-refractivity contribution is 9.10. The Morgan fingerprint density at radius 3 is 2.71 bits per heavy atom. The number of hydrogen-bond acceptors (Lipinski definition) is 2. The van der Waals surface area contributed by atoms with Crippen molar-refractivity contribution in [2.75, 3.05) is 13.1 Å². The molecule has 1 saturated heterocycles. The Morgan fingerprint density at radius 2 is 2.18 bits per heavy atom. The van der Waals surface area contributed by atoms with Crippen molar-refractivity contribution < 1.29 is 9.90 Å². The molecule has 0 spiro atoms. The molecule has 0 aliphatic carbocycles. The van der Waals surface area contributed by atoms with Crippen molar-refractivity contribution in [1.82, 2.24) is 4.90 Å². The van der Waals surface area contributed by atoms with Gasteiger partial charge in [-0.2, -0.15) is 0 Å². The number of halogens is 1. The average Bonchev–Trinajstić information content (AvgIpc) is 2.19.